The van der Waals surface area contributed by atoms with Gasteiger partial charge in [-0.15, -0.1) is 0 Å². The van der Waals surface area contributed by atoms with Crippen molar-refractivity contribution in [2.45, 2.75) is 39.3 Å². The minimum absolute atomic E-state index is 0.0651. The van der Waals surface area contributed by atoms with Crippen LogP contribution in [-0.2, 0) is 9.53 Å². The Morgan fingerprint density at radius 2 is 1.85 bits per heavy atom. The number of alkyl carbamates (subject to hydrolysis) is 1. The third-order valence-electron chi connectivity index (χ3n) is 2.26. The van der Waals surface area contributed by atoms with Gasteiger partial charge in [-0.05, 0) is 39.8 Å². The molecule has 0 saturated carbocycles. The third kappa shape index (κ3) is 5.26. The Balaban J connectivity index is 2.56. The molecule has 1 aromatic rings. The van der Waals surface area contributed by atoms with Crippen LogP contribution >= 0.6 is 0 Å². The fraction of sp³-hybridized carbons (Fsp3) is 0.429. The number of rotatable bonds is 3. The summed E-state index contributed by atoms with van der Waals surface area (Å²) in [5, 5.41) is 4.77. The van der Waals surface area contributed by atoms with Crippen LogP contribution in [0.4, 0.5) is 14.9 Å². The van der Waals surface area contributed by atoms with Gasteiger partial charge in [0, 0.05) is 0 Å². The van der Waals surface area contributed by atoms with E-state index in [0.717, 1.165) is 0 Å². The molecule has 0 fully saturated rings. The molecule has 1 rings (SSSR count). The van der Waals surface area contributed by atoms with Crippen LogP contribution in [0.25, 0.3) is 0 Å². The van der Waals surface area contributed by atoms with E-state index in [0.29, 0.717) is 0 Å². The normalized spacial score (nSPS) is 12.4. The molecule has 0 radical (unpaired) electrons. The maximum Gasteiger partial charge on any atom is 0.408 e. The maximum atomic E-state index is 13.4. The topological polar surface area (TPSA) is 67.4 Å². The first kappa shape index (κ1) is 15.9. The molecule has 5 nitrogen and oxygen atoms in total. The van der Waals surface area contributed by atoms with Crippen molar-refractivity contribution in [1.82, 2.24) is 5.32 Å². The van der Waals surface area contributed by atoms with Gasteiger partial charge in [0.1, 0.15) is 17.5 Å². The second-order valence-electron chi connectivity index (χ2n) is 5.34. The van der Waals surface area contributed by atoms with Gasteiger partial charge in [0.25, 0.3) is 0 Å². The fourth-order valence-corrected chi connectivity index (χ4v) is 1.35. The SMILES string of the molecule is C[C@H](NC(=O)OC(C)(C)C)C(=O)Nc1ccccc1F. The van der Waals surface area contributed by atoms with Gasteiger partial charge in [0.05, 0.1) is 5.69 Å². The lowest BCUT2D eigenvalue weighted by Crippen LogP contribution is -2.44. The van der Waals surface area contributed by atoms with Gasteiger partial charge >= 0.3 is 6.09 Å². The smallest absolute Gasteiger partial charge is 0.408 e. The van der Waals surface area contributed by atoms with Crippen molar-refractivity contribution in [2.24, 2.45) is 0 Å². The second kappa shape index (κ2) is 6.36. The number of para-hydroxylation sites is 1. The van der Waals surface area contributed by atoms with Gasteiger partial charge < -0.3 is 15.4 Å². The molecule has 0 heterocycles. The lowest BCUT2D eigenvalue weighted by Gasteiger charge is -2.21. The van der Waals surface area contributed by atoms with Gasteiger partial charge in [0.2, 0.25) is 5.91 Å². The zero-order chi connectivity index (χ0) is 15.3. The molecule has 1 atom stereocenters. The lowest BCUT2D eigenvalue weighted by atomic mass is 10.2. The zero-order valence-electron chi connectivity index (χ0n) is 12.0. The summed E-state index contributed by atoms with van der Waals surface area (Å²) in [5.41, 5.74) is -0.582. The highest BCUT2D eigenvalue weighted by atomic mass is 19.1. The van der Waals surface area contributed by atoms with Crippen molar-refractivity contribution >= 4 is 17.7 Å². The van der Waals surface area contributed by atoms with Crippen LogP contribution in [0.3, 0.4) is 0 Å². The first-order chi connectivity index (χ1) is 9.19. The summed E-state index contributed by atoms with van der Waals surface area (Å²) in [5.74, 6) is -1.06. The maximum absolute atomic E-state index is 13.4. The quantitative estimate of drug-likeness (QED) is 0.895. The number of benzene rings is 1. The van der Waals surface area contributed by atoms with Crippen molar-refractivity contribution in [3.63, 3.8) is 0 Å². The average Bonchev–Trinajstić information content (AvgIpc) is 2.29. The lowest BCUT2D eigenvalue weighted by molar-refractivity contribution is -0.117. The number of hydrogen-bond acceptors (Lipinski definition) is 3. The summed E-state index contributed by atoms with van der Waals surface area (Å²) in [6, 6.07) is 4.96. The zero-order valence-corrected chi connectivity index (χ0v) is 12.0. The number of carbonyl (C=O) groups excluding carboxylic acids is 2. The molecule has 110 valence electrons. The Morgan fingerprint density at radius 3 is 2.40 bits per heavy atom. The van der Waals surface area contributed by atoms with E-state index in [-0.39, 0.29) is 5.69 Å². The van der Waals surface area contributed by atoms with Gasteiger partial charge in [-0.2, -0.15) is 0 Å². The van der Waals surface area contributed by atoms with Crippen molar-refractivity contribution in [1.29, 1.82) is 0 Å². The Hall–Kier alpha value is -2.11. The largest absolute Gasteiger partial charge is 0.444 e. The molecule has 0 spiro atoms. The van der Waals surface area contributed by atoms with E-state index in [1.165, 1.54) is 25.1 Å². The van der Waals surface area contributed by atoms with Crippen molar-refractivity contribution < 1.29 is 18.7 Å². The van der Waals surface area contributed by atoms with Crippen LogP contribution < -0.4 is 10.6 Å². The summed E-state index contributed by atoms with van der Waals surface area (Å²) in [6.07, 6.45) is -0.700. The standard InChI is InChI=1S/C14H19FN2O3/c1-9(16-13(19)20-14(2,3)4)12(18)17-11-8-6-5-7-10(11)15/h5-9H,1-4H3,(H,16,19)(H,17,18)/t9-/m0/s1. The Labute approximate surface area is 117 Å². The van der Waals surface area contributed by atoms with E-state index >= 15 is 0 Å². The van der Waals surface area contributed by atoms with E-state index in [2.05, 4.69) is 10.6 Å². The van der Waals surface area contributed by atoms with Gasteiger partial charge in [-0.3, -0.25) is 4.79 Å². The van der Waals surface area contributed by atoms with Crippen LogP contribution in [0.5, 0.6) is 0 Å². The third-order valence-corrected chi connectivity index (χ3v) is 2.26. The Morgan fingerprint density at radius 1 is 1.25 bits per heavy atom. The van der Waals surface area contributed by atoms with Crippen LogP contribution in [0.15, 0.2) is 24.3 Å². The average molecular weight is 282 g/mol. The molecule has 0 bridgehead atoms. The molecular formula is C14H19FN2O3. The highest BCUT2D eigenvalue weighted by Crippen LogP contribution is 2.12. The number of amides is 2. The van der Waals surface area contributed by atoms with Crippen LogP contribution in [-0.4, -0.2) is 23.6 Å². The van der Waals surface area contributed by atoms with Gasteiger partial charge in [0.15, 0.2) is 0 Å². The van der Waals surface area contributed by atoms with E-state index in [4.69, 9.17) is 4.74 Å². The number of anilines is 1. The summed E-state index contributed by atoms with van der Waals surface area (Å²) >= 11 is 0. The molecule has 2 amide bonds. The number of ether oxygens (including phenoxy) is 1. The van der Waals surface area contributed by atoms with Gasteiger partial charge in [-0.1, -0.05) is 12.1 Å². The predicted octanol–water partition coefficient (Wildman–Crippen LogP) is 2.68. The second-order valence-corrected chi connectivity index (χ2v) is 5.34. The van der Waals surface area contributed by atoms with E-state index in [1.54, 1.807) is 26.8 Å². The molecule has 0 unspecified atom stereocenters. The molecule has 1 aromatic carbocycles. The minimum Gasteiger partial charge on any atom is -0.444 e. The Bertz CT molecular complexity index is 497. The molecule has 2 N–H and O–H groups in total. The molecule has 0 aliphatic carbocycles. The number of halogens is 1. The molecule has 6 heteroatoms. The first-order valence-electron chi connectivity index (χ1n) is 6.24. The molecule has 20 heavy (non-hydrogen) atoms. The first-order valence-corrected chi connectivity index (χ1v) is 6.24. The van der Waals surface area contributed by atoms with Crippen molar-refractivity contribution in [2.75, 3.05) is 5.32 Å². The predicted molar refractivity (Wildman–Crippen MR) is 73.9 cm³/mol. The summed E-state index contributed by atoms with van der Waals surface area (Å²) in [6.45, 7) is 6.64. The number of hydrogen-bond donors (Lipinski definition) is 2. The highest BCUT2D eigenvalue weighted by Gasteiger charge is 2.21. The number of carbonyl (C=O) groups is 2. The molecule has 0 saturated heterocycles. The van der Waals surface area contributed by atoms with Crippen LogP contribution in [0, 0.1) is 5.82 Å². The summed E-state index contributed by atoms with van der Waals surface area (Å²) in [7, 11) is 0. The summed E-state index contributed by atoms with van der Waals surface area (Å²) in [4.78, 5) is 23.3. The fourth-order valence-electron chi connectivity index (χ4n) is 1.35. The summed E-state index contributed by atoms with van der Waals surface area (Å²) < 4.78 is 18.4. The monoisotopic (exact) mass is 282 g/mol. The Kier molecular flexibility index (Phi) is 5.07. The molecule has 0 aliphatic rings. The van der Waals surface area contributed by atoms with Crippen molar-refractivity contribution in [3.8, 4) is 0 Å². The van der Waals surface area contributed by atoms with E-state index in [9.17, 15) is 14.0 Å². The molecule has 0 aliphatic heterocycles. The molecular weight excluding hydrogens is 263 g/mol. The van der Waals surface area contributed by atoms with E-state index < -0.39 is 29.5 Å². The van der Waals surface area contributed by atoms with Crippen LogP contribution in [0.1, 0.15) is 27.7 Å². The minimum atomic E-state index is -0.843. The highest BCUT2D eigenvalue weighted by molar-refractivity contribution is 5.96. The van der Waals surface area contributed by atoms with Gasteiger partial charge in [-0.25, -0.2) is 9.18 Å². The van der Waals surface area contributed by atoms with Crippen LogP contribution in [0.2, 0.25) is 0 Å². The number of nitrogens with one attached hydrogen (secondary N) is 2. The van der Waals surface area contributed by atoms with E-state index in [1.807, 2.05) is 0 Å². The van der Waals surface area contributed by atoms with Crippen molar-refractivity contribution in [3.05, 3.63) is 30.1 Å². The molecule has 0 aromatic heterocycles.